The Morgan fingerprint density at radius 3 is 2.58 bits per heavy atom. The molecule has 1 aromatic rings. The number of aliphatic carboxylic acids is 1. The van der Waals surface area contributed by atoms with E-state index >= 15 is 0 Å². The van der Waals surface area contributed by atoms with Crippen molar-refractivity contribution in [2.75, 3.05) is 0 Å². The maximum absolute atomic E-state index is 10.5. The third-order valence-corrected chi connectivity index (χ3v) is 2.99. The predicted octanol–water partition coefficient (Wildman–Crippen LogP) is 1.45. The minimum atomic E-state index is -0.976. The molecule has 66 valence electrons. The summed E-state index contributed by atoms with van der Waals surface area (Å²) in [5.74, 6) is -0.976. The molecule has 3 nitrogen and oxygen atoms in total. The second-order valence-electron chi connectivity index (χ2n) is 2.70. The molecule has 0 spiro atoms. The van der Waals surface area contributed by atoms with Gasteiger partial charge in [-0.15, -0.1) is 11.3 Å². The lowest BCUT2D eigenvalue weighted by Gasteiger charge is -2.00. The number of rotatable bonds is 2. The van der Waals surface area contributed by atoms with Crippen molar-refractivity contribution >= 4 is 17.3 Å². The number of hydrogen-bond acceptors (Lipinski definition) is 3. The summed E-state index contributed by atoms with van der Waals surface area (Å²) in [6.45, 7) is 3.90. The molecule has 3 N–H and O–H groups in total. The van der Waals surface area contributed by atoms with Crippen LogP contribution >= 0.6 is 11.3 Å². The molecule has 0 aromatic carbocycles. The van der Waals surface area contributed by atoms with E-state index < -0.39 is 12.0 Å². The lowest BCUT2D eigenvalue weighted by atomic mass is 10.2. The van der Waals surface area contributed by atoms with Gasteiger partial charge in [0.05, 0.1) is 0 Å². The van der Waals surface area contributed by atoms with Gasteiger partial charge in [0.25, 0.3) is 0 Å². The van der Waals surface area contributed by atoms with Crippen molar-refractivity contribution in [3.8, 4) is 0 Å². The fourth-order valence-electron chi connectivity index (χ4n) is 0.877. The van der Waals surface area contributed by atoms with Gasteiger partial charge in [-0.25, -0.2) is 0 Å². The van der Waals surface area contributed by atoms with E-state index in [1.165, 1.54) is 11.3 Å². The second kappa shape index (κ2) is 3.25. The molecular weight excluding hydrogens is 174 g/mol. The van der Waals surface area contributed by atoms with Crippen LogP contribution < -0.4 is 5.73 Å². The maximum Gasteiger partial charge on any atom is 0.325 e. The van der Waals surface area contributed by atoms with Crippen LogP contribution in [0.4, 0.5) is 0 Å². The van der Waals surface area contributed by atoms with Crippen molar-refractivity contribution < 1.29 is 9.90 Å². The highest BCUT2D eigenvalue weighted by Crippen LogP contribution is 2.25. The summed E-state index contributed by atoms with van der Waals surface area (Å²) in [7, 11) is 0. The molecule has 0 aliphatic heterocycles. The van der Waals surface area contributed by atoms with E-state index in [-0.39, 0.29) is 0 Å². The number of carboxylic acid groups (broad SMARTS) is 1. The monoisotopic (exact) mass is 185 g/mol. The first-order valence-corrected chi connectivity index (χ1v) is 4.39. The number of carbonyl (C=O) groups is 1. The van der Waals surface area contributed by atoms with Crippen LogP contribution in [0.25, 0.3) is 0 Å². The quantitative estimate of drug-likeness (QED) is 0.733. The molecule has 1 atom stereocenters. The van der Waals surface area contributed by atoms with Gasteiger partial charge in [0.1, 0.15) is 6.04 Å². The van der Waals surface area contributed by atoms with Crippen LogP contribution in [0.15, 0.2) is 6.07 Å². The molecule has 1 aromatic heterocycles. The minimum absolute atomic E-state index is 0.720. The van der Waals surface area contributed by atoms with Gasteiger partial charge in [-0.2, -0.15) is 0 Å². The molecule has 0 fully saturated rings. The Bertz CT molecular complexity index is 287. The van der Waals surface area contributed by atoms with Crippen LogP contribution in [0.2, 0.25) is 0 Å². The molecule has 0 aliphatic rings. The average Bonchev–Trinajstić information content (AvgIpc) is 2.30. The van der Waals surface area contributed by atoms with Crippen molar-refractivity contribution in [1.29, 1.82) is 0 Å². The van der Waals surface area contributed by atoms with Gasteiger partial charge in [0.15, 0.2) is 0 Å². The van der Waals surface area contributed by atoms with Crippen LogP contribution in [0.5, 0.6) is 0 Å². The van der Waals surface area contributed by atoms with Crippen molar-refractivity contribution in [1.82, 2.24) is 0 Å². The van der Waals surface area contributed by atoms with E-state index in [9.17, 15) is 4.79 Å². The largest absolute Gasteiger partial charge is 0.480 e. The second-order valence-corrected chi connectivity index (χ2v) is 3.99. The number of thiophene rings is 1. The van der Waals surface area contributed by atoms with Crippen LogP contribution in [0.1, 0.15) is 21.4 Å². The van der Waals surface area contributed by atoms with E-state index in [1.807, 2.05) is 19.9 Å². The molecule has 0 saturated heterocycles. The summed E-state index contributed by atoms with van der Waals surface area (Å²) in [4.78, 5) is 12.3. The Kier molecular flexibility index (Phi) is 2.49. The Morgan fingerprint density at radius 1 is 1.67 bits per heavy atom. The summed E-state index contributed by atoms with van der Waals surface area (Å²) in [6.07, 6.45) is 0. The SMILES string of the molecule is Cc1cc([C@H](N)C(=O)O)sc1C. The Hall–Kier alpha value is -0.870. The summed E-state index contributed by atoms with van der Waals surface area (Å²) in [6, 6.07) is 0.959. The molecule has 12 heavy (non-hydrogen) atoms. The topological polar surface area (TPSA) is 63.3 Å². The smallest absolute Gasteiger partial charge is 0.325 e. The van der Waals surface area contributed by atoms with Gasteiger partial charge in [-0.3, -0.25) is 4.79 Å². The van der Waals surface area contributed by atoms with Crippen LogP contribution in [-0.2, 0) is 4.79 Å². The lowest BCUT2D eigenvalue weighted by Crippen LogP contribution is -2.19. The average molecular weight is 185 g/mol. The first-order valence-electron chi connectivity index (χ1n) is 3.57. The Labute approximate surface area is 74.8 Å². The van der Waals surface area contributed by atoms with Crippen LogP contribution in [0, 0.1) is 13.8 Å². The summed E-state index contributed by atoms with van der Waals surface area (Å²) in [5, 5.41) is 8.62. The third-order valence-electron chi connectivity index (χ3n) is 1.76. The Balaban J connectivity index is 2.96. The highest BCUT2D eigenvalue weighted by Gasteiger charge is 2.16. The maximum atomic E-state index is 10.5. The highest BCUT2D eigenvalue weighted by molar-refractivity contribution is 7.12. The fraction of sp³-hybridized carbons (Fsp3) is 0.375. The molecule has 0 amide bonds. The first kappa shape index (κ1) is 9.22. The first-order chi connectivity index (χ1) is 5.52. The zero-order chi connectivity index (χ0) is 9.30. The van der Waals surface area contributed by atoms with E-state index in [4.69, 9.17) is 10.8 Å². The summed E-state index contributed by atoms with van der Waals surface area (Å²) in [5.41, 5.74) is 6.53. The zero-order valence-corrected chi connectivity index (χ0v) is 7.81. The van der Waals surface area contributed by atoms with Gasteiger partial charge in [0.2, 0.25) is 0 Å². The van der Waals surface area contributed by atoms with Crippen molar-refractivity contribution in [3.63, 3.8) is 0 Å². The molecule has 0 radical (unpaired) electrons. The normalized spacial score (nSPS) is 12.9. The molecule has 0 aliphatic carbocycles. The lowest BCUT2D eigenvalue weighted by molar-refractivity contribution is -0.138. The van der Waals surface area contributed by atoms with E-state index in [2.05, 4.69) is 0 Å². The van der Waals surface area contributed by atoms with Gasteiger partial charge < -0.3 is 10.8 Å². The minimum Gasteiger partial charge on any atom is -0.480 e. The van der Waals surface area contributed by atoms with E-state index in [0.29, 0.717) is 0 Å². The standard InChI is InChI=1S/C8H11NO2S/c1-4-3-6(12-5(4)2)7(9)8(10)11/h3,7H,9H2,1-2H3,(H,10,11)/t7-/m0/s1. The van der Waals surface area contributed by atoms with Gasteiger partial charge >= 0.3 is 5.97 Å². The number of hydrogen-bond donors (Lipinski definition) is 2. The molecule has 0 unspecified atom stereocenters. The molecular formula is C8H11NO2S. The molecule has 1 heterocycles. The fourth-order valence-corrected chi connectivity index (χ4v) is 1.91. The van der Waals surface area contributed by atoms with Crippen molar-refractivity contribution in [3.05, 3.63) is 21.4 Å². The number of nitrogens with two attached hydrogens (primary N) is 1. The van der Waals surface area contributed by atoms with E-state index in [1.54, 1.807) is 0 Å². The van der Waals surface area contributed by atoms with E-state index in [0.717, 1.165) is 15.3 Å². The molecule has 1 rings (SSSR count). The Morgan fingerprint density at radius 2 is 2.25 bits per heavy atom. The molecule has 0 saturated carbocycles. The van der Waals surface area contributed by atoms with Crippen LogP contribution in [-0.4, -0.2) is 11.1 Å². The van der Waals surface area contributed by atoms with Gasteiger partial charge in [-0.1, -0.05) is 0 Å². The predicted molar refractivity (Wildman–Crippen MR) is 48.4 cm³/mol. The third kappa shape index (κ3) is 1.65. The number of aryl methyl sites for hydroxylation is 2. The van der Waals surface area contributed by atoms with Crippen LogP contribution in [0.3, 0.4) is 0 Å². The molecule has 0 bridgehead atoms. The highest BCUT2D eigenvalue weighted by atomic mass is 32.1. The van der Waals surface area contributed by atoms with Crippen molar-refractivity contribution in [2.45, 2.75) is 19.9 Å². The van der Waals surface area contributed by atoms with Crippen molar-refractivity contribution in [2.24, 2.45) is 5.73 Å². The molecule has 4 heteroatoms. The summed E-state index contributed by atoms with van der Waals surface area (Å²) < 4.78 is 0. The number of carboxylic acids is 1. The van der Waals surface area contributed by atoms with Gasteiger partial charge in [-0.05, 0) is 25.5 Å². The van der Waals surface area contributed by atoms with Gasteiger partial charge in [0, 0.05) is 9.75 Å². The summed E-state index contributed by atoms with van der Waals surface area (Å²) >= 11 is 1.44. The zero-order valence-electron chi connectivity index (χ0n) is 7.00.